The summed E-state index contributed by atoms with van der Waals surface area (Å²) in [6, 6.07) is 0. The zero-order chi connectivity index (χ0) is 11.4. The highest BCUT2D eigenvalue weighted by molar-refractivity contribution is 6.34. The van der Waals surface area contributed by atoms with Gasteiger partial charge in [0, 0.05) is 13.8 Å². The Morgan fingerprint density at radius 1 is 1.29 bits per heavy atom. The Morgan fingerprint density at radius 3 is 2.07 bits per heavy atom. The van der Waals surface area contributed by atoms with Gasteiger partial charge in [-0.1, -0.05) is 11.6 Å². The highest BCUT2D eigenvalue weighted by Gasteiger charge is 2.37. The van der Waals surface area contributed by atoms with E-state index in [2.05, 4.69) is 5.32 Å². The first-order valence-corrected chi connectivity index (χ1v) is 4.11. The Balaban J connectivity index is 4.47. The van der Waals surface area contributed by atoms with E-state index in [1.54, 1.807) is 0 Å². The molecular formula is C7H11ClN2O4. The number of carbonyl (C=O) groups is 3. The van der Waals surface area contributed by atoms with Crippen LogP contribution < -0.4 is 10.6 Å². The maximum absolute atomic E-state index is 10.7. The van der Waals surface area contributed by atoms with Crippen molar-refractivity contribution in [2.75, 3.05) is 6.54 Å². The summed E-state index contributed by atoms with van der Waals surface area (Å²) >= 11 is 5.57. The van der Waals surface area contributed by atoms with Crippen LogP contribution in [-0.2, 0) is 14.4 Å². The second-order valence-electron chi connectivity index (χ2n) is 2.70. The summed E-state index contributed by atoms with van der Waals surface area (Å²) in [6.07, 6.45) is 0. The van der Waals surface area contributed by atoms with Crippen LogP contribution in [0.3, 0.4) is 0 Å². The fourth-order valence-corrected chi connectivity index (χ4v) is 0.898. The Hall–Kier alpha value is -1.30. The summed E-state index contributed by atoms with van der Waals surface area (Å²) < 4.78 is 0. The Labute approximate surface area is 85.6 Å². The topological polar surface area (TPSA) is 95.5 Å². The zero-order valence-corrected chi connectivity index (χ0v) is 8.51. The number of hydrogen-bond donors (Lipinski definition) is 3. The number of hydrogen-bond acceptors (Lipinski definition) is 3. The van der Waals surface area contributed by atoms with E-state index in [-0.39, 0.29) is 6.54 Å². The number of carbonyl (C=O) groups excluding carboxylic acids is 2. The van der Waals surface area contributed by atoms with E-state index < -0.39 is 22.8 Å². The van der Waals surface area contributed by atoms with E-state index >= 15 is 0 Å². The van der Waals surface area contributed by atoms with Crippen molar-refractivity contribution in [1.82, 2.24) is 10.6 Å². The van der Waals surface area contributed by atoms with Crippen LogP contribution in [0.2, 0.25) is 0 Å². The van der Waals surface area contributed by atoms with E-state index in [1.807, 2.05) is 5.32 Å². The van der Waals surface area contributed by atoms with Crippen molar-refractivity contribution in [3.05, 3.63) is 0 Å². The van der Waals surface area contributed by atoms with E-state index in [1.165, 1.54) is 6.92 Å². The number of halogens is 1. The largest absolute Gasteiger partial charge is 0.479 e. The number of alkyl halides is 1. The Kier molecular flexibility index (Phi) is 4.36. The summed E-state index contributed by atoms with van der Waals surface area (Å²) in [4.78, 5) is 29.8. The van der Waals surface area contributed by atoms with Crippen LogP contribution in [-0.4, -0.2) is 34.4 Å². The molecule has 0 aromatic carbocycles. The van der Waals surface area contributed by atoms with Gasteiger partial charge in [-0.05, 0) is 0 Å². The van der Waals surface area contributed by atoms with Gasteiger partial charge in [0.05, 0.1) is 6.54 Å². The molecule has 14 heavy (non-hydrogen) atoms. The summed E-state index contributed by atoms with van der Waals surface area (Å²) in [5.41, 5.74) is 0. The van der Waals surface area contributed by atoms with Gasteiger partial charge in [-0.2, -0.15) is 0 Å². The molecule has 0 saturated heterocycles. The minimum Gasteiger partial charge on any atom is -0.479 e. The molecule has 0 spiro atoms. The first-order chi connectivity index (χ1) is 6.28. The van der Waals surface area contributed by atoms with E-state index in [0.29, 0.717) is 0 Å². The van der Waals surface area contributed by atoms with Crippen LogP contribution in [0, 0.1) is 0 Å². The molecule has 2 amide bonds. The van der Waals surface area contributed by atoms with Gasteiger partial charge in [0.25, 0.3) is 0 Å². The average molecular weight is 223 g/mol. The normalized spacial score (nSPS) is 13.9. The minimum absolute atomic E-state index is 0.376. The molecule has 0 rings (SSSR count). The lowest BCUT2D eigenvalue weighted by Crippen LogP contribution is -2.56. The van der Waals surface area contributed by atoms with Crippen LogP contribution in [0.25, 0.3) is 0 Å². The number of carboxylic acids is 1. The van der Waals surface area contributed by atoms with Gasteiger partial charge in [0.1, 0.15) is 0 Å². The molecular weight excluding hydrogens is 212 g/mol. The molecule has 0 fully saturated rings. The summed E-state index contributed by atoms with van der Waals surface area (Å²) in [5, 5.41) is 12.9. The lowest BCUT2D eigenvalue weighted by atomic mass is 10.2. The predicted molar refractivity (Wildman–Crippen MR) is 48.7 cm³/mol. The molecule has 80 valence electrons. The van der Waals surface area contributed by atoms with Gasteiger partial charge in [-0.15, -0.1) is 0 Å². The van der Waals surface area contributed by atoms with Gasteiger partial charge < -0.3 is 15.7 Å². The highest BCUT2D eigenvalue weighted by atomic mass is 35.5. The van der Waals surface area contributed by atoms with Crippen molar-refractivity contribution in [1.29, 1.82) is 0 Å². The molecule has 0 aliphatic carbocycles. The highest BCUT2D eigenvalue weighted by Crippen LogP contribution is 2.10. The number of aliphatic carboxylic acids is 1. The SMILES string of the molecule is CC(=O)NCC(Cl)(NC(C)=O)C(=O)O. The van der Waals surface area contributed by atoms with Crippen molar-refractivity contribution in [2.45, 2.75) is 18.8 Å². The second kappa shape index (κ2) is 4.80. The molecule has 0 aromatic heterocycles. The third kappa shape index (κ3) is 4.08. The average Bonchev–Trinajstić information content (AvgIpc) is 1.99. The fraction of sp³-hybridized carbons (Fsp3) is 0.571. The number of rotatable bonds is 4. The maximum Gasteiger partial charge on any atom is 0.347 e. The Morgan fingerprint density at radius 2 is 1.79 bits per heavy atom. The molecule has 0 aliphatic rings. The van der Waals surface area contributed by atoms with Crippen LogP contribution in [0.1, 0.15) is 13.8 Å². The lowest BCUT2D eigenvalue weighted by Gasteiger charge is -2.22. The van der Waals surface area contributed by atoms with Gasteiger partial charge >= 0.3 is 5.97 Å². The van der Waals surface area contributed by atoms with Crippen LogP contribution in [0.4, 0.5) is 0 Å². The Bertz CT molecular complexity index is 268. The first kappa shape index (κ1) is 12.7. The van der Waals surface area contributed by atoms with Gasteiger partial charge in [0.15, 0.2) is 0 Å². The molecule has 0 aliphatic heterocycles. The predicted octanol–water partition coefficient (Wildman–Crippen LogP) is -0.722. The number of carboxylic acid groups (broad SMARTS) is 1. The third-order valence-electron chi connectivity index (χ3n) is 1.29. The molecule has 1 unspecified atom stereocenters. The molecule has 0 saturated carbocycles. The van der Waals surface area contributed by atoms with Gasteiger partial charge in [0.2, 0.25) is 16.8 Å². The van der Waals surface area contributed by atoms with E-state index in [9.17, 15) is 14.4 Å². The van der Waals surface area contributed by atoms with Crippen molar-refractivity contribution < 1.29 is 19.5 Å². The number of amides is 2. The van der Waals surface area contributed by atoms with E-state index in [4.69, 9.17) is 16.7 Å². The molecule has 0 heterocycles. The summed E-state index contributed by atoms with van der Waals surface area (Å²) in [7, 11) is 0. The third-order valence-corrected chi connectivity index (χ3v) is 1.68. The van der Waals surface area contributed by atoms with Crippen molar-refractivity contribution in [3.63, 3.8) is 0 Å². The van der Waals surface area contributed by atoms with Crippen molar-refractivity contribution >= 4 is 29.4 Å². The second-order valence-corrected chi connectivity index (χ2v) is 3.34. The summed E-state index contributed by atoms with van der Waals surface area (Å²) in [5.74, 6) is -2.45. The molecule has 0 bridgehead atoms. The summed E-state index contributed by atoms with van der Waals surface area (Å²) in [6.45, 7) is 1.97. The fourth-order valence-electron chi connectivity index (χ4n) is 0.699. The first-order valence-electron chi connectivity index (χ1n) is 3.73. The monoisotopic (exact) mass is 222 g/mol. The standard InChI is InChI=1S/C7H11ClN2O4/c1-4(11)9-3-7(8,6(13)14)10-5(2)12/h3H2,1-2H3,(H,9,11)(H,10,12)(H,13,14). The zero-order valence-electron chi connectivity index (χ0n) is 7.76. The van der Waals surface area contributed by atoms with Crippen LogP contribution >= 0.6 is 11.6 Å². The smallest absolute Gasteiger partial charge is 0.347 e. The molecule has 6 nitrogen and oxygen atoms in total. The molecule has 0 aromatic rings. The van der Waals surface area contributed by atoms with Crippen molar-refractivity contribution in [2.24, 2.45) is 0 Å². The van der Waals surface area contributed by atoms with Crippen LogP contribution in [0.15, 0.2) is 0 Å². The molecule has 0 radical (unpaired) electrons. The van der Waals surface area contributed by atoms with Gasteiger partial charge in [-0.25, -0.2) is 4.79 Å². The van der Waals surface area contributed by atoms with E-state index in [0.717, 1.165) is 6.92 Å². The quantitative estimate of drug-likeness (QED) is 0.432. The minimum atomic E-state index is -1.99. The maximum atomic E-state index is 10.7. The molecule has 7 heteroatoms. The lowest BCUT2D eigenvalue weighted by molar-refractivity contribution is -0.143. The molecule has 1 atom stereocenters. The van der Waals surface area contributed by atoms with Gasteiger partial charge in [-0.3, -0.25) is 9.59 Å². The number of nitrogens with one attached hydrogen (secondary N) is 2. The van der Waals surface area contributed by atoms with Crippen LogP contribution in [0.5, 0.6) is 0 Å². The molecule has 3 N–H and O–H groups in total. The van der Waals surface area contributed by atoms with Crippen molar-refractivity contribution in [3.8, 4) is 0 Å².